The first-order valence-corrected chi connectivity index (χ1v) is 11.0. The van der Waals surface area contributed by atoms with Crippen molar-refractivity contribution in [2.45, 2.75) is 71.9 Å². The predicted molar refractivity (Wildman–Crippen MR) is 121 cm³/mol. The average Bonchev–Trinajstić information content (AvgIpc) is 2.72. The van der Waals surface area contributed by atoms with E-state index in [4.69, 9.17) is 9.72 Å². The number of ether oxygens (including phenoxy) is 1. The number of piperidine rings is 1. The van der Waals surface area contributed by atoms with Crippen molar-refractivity contribution in [3.05, 3.63) is 41.6 Å². The van der Waals surface area contributed by atoms with Crippen LogP contribution in [0.25, 0.3) is 11.4 Å². The fourth-order valence-electron chi connectivity index (χ4n) is 3.83. The van der Waals surface area contributed by atoms with Crippen molar-refractivity contribution in [3.63, 3.8) is 0 Å². The third kappa shape index (κ3) is 5.71. The first kappa shape index (κ1) is 22.1. The van der Waals surface area contributed by atoms with Crippen LogP contribution in [0.15, 0.2) is 30.5 Å². The van der Waals surface area contributed by atoms with Crippen molar-refractivity contribution in [1.82, 2.24) is 15.3 Å². The molecule has 2 heterocycles. The lowest BCUT2D eigenvalue weighted by Gasteiger charge is -2.33. The molecule has 3 rings (SSSR count). The Bertz CT molecular complexity index is 868. The summed E-state index contributed by atoms with van der Waals surface area (Å²) in [4.78, 5) is 23.6. The first-order valence-electron chi connectivity index (χ1n) is 11.0. The maximum absolute atomic E-state index is 12.0. The van der Waals surface area contributed by atoms with Crippen molar-refractivity contribution in [3.8, 4) is 11.4 Å². The van der Waals surface area contributed by atoms with Crippen LogP contribution in [0.3, 0.4) is 0 Å². The van der Waals surface area contributed by atoms with Crippen molar-refractivity contribution >= 4 is 11.9 Å². The number of aryl methyl sites for hydroxylation is 2. The summed E-state index contributed by atoms with van der Waals surface area (Å²) in [6.07, 6.45) is 5.27. The monoisotopic (exact) mass is 410 g/mol. The molecule has 0 unspecified atom stereocenters. The Kier molecular flexibility index (Phi) is 6.95. The Balaban J connectivity index is 1.64. The number of hydrogen-bond donors (Lipinski definition) is 1. The summed E-state index contributed by atoms with van der Waals surface area (Å²) >= 11 is 0. The zero-order valence-electron chi connectivity index (χ0n) is 18.9. The van der Waals surface area contributed by atoms with Crippen molar-refractivity contribution in [1.29, 1.82) is 0 Å². The van der Waals surface area contributed by atoms with Crippen LogP contribution in [0.1, 0.15) is 58.6 Å². The van der Waals surface area contributed by atoms with Crippen LogP contribution in [-0.4, -0.2) is 40.8 Å². The molecule has 6 nitrogen and oxygen atoms in total. The molecule has 0 atom stereocenters. The normalized spacial score (nSPS) is 15.2. The number of alkyl carbamates (subject to hydrolysis) is 1. The van der Waals surface area contributed by atoms with E-state index in [1.54, 1.807) is 0 Å². The highest BCUT2D eigenvalue weighted by molar-refractivity contribution is 5.68. The molecule has 1 amide bonds. The van der Waals surface area contributed by atoms with Gasteiger partial charge in [0.15, 0.2) is 5.82 Å². The molecule has 2 aromatic rings. The maximum Gasteiger partial charge on any atom is 0.407 e. The van der Waals surface area contributed by atoms with Gasteiger partial charge in [-0.05, 0) is 69.7 Å². The summed E-state index contributed by atoms with van der Waals surface area (Å²) in [7, 11) is 0. The van der Waals surface area contributed by atoms with Gasteiger partial charge >= 0.3 is 6.09 Å². The summed E-state index contributed by atoms with van der Waals surface area (Å²) in [6, 6.07) is 8.62. The van der Waals surface area contributed by atoms with Crippen LogP contribution in [-0.2, 0) is 17.6 Å². The molecule has 6 heteroatoms. The van der Waals surface area contributed by atoms with E-state index in [1.807, 2.05) is 33.0 Å². The van der Waals surface area contributed by atoms with Gasteiger partial charge < -0.3 is 15.0 Å². The molecule has 30 heavy (non-hydrogen) atoms. The summed E-state index contributed by atoms with van der Waals surface area (Å²) in [5, 5.41) is 2.99. The Hall–Kier alpha value is -2.63. The minimum Gasteiger partial charge on any atom is -0.444 e. The highest BCUT2D eigenvalue weighted by Crippen LogP contribution is 2.24. The second-order valence-electron chi connectivity index (χ2n) is 8.84. The Morgan fingerprint density at radius 3 is 2.47 bits per heavy atom. The van der Waals surface area contributed by atoms with E-state index in [1.165, 1.54) is 11.1 Å². The van der Waals surface area contributed by atoms with Crippen LogP contribution in [0.4, 0.5) is 10.6 Å². The fraction of sp³-hybridized carbons (Fsp3) is 0.542. The topological polar surface area (TPSA) is 67.4 Å². The van der Waals surface area contributed by atoms with E-state index in [0.717, 1.165) is 56.0 Å². The van der Waals surface area contributed by atoms with Crippen LogP contribution in [0.5, 0.6) is 0 Å². The summed E-state index contributed by atoms with van der Waals surface area (Å²) in [6.45, 7) is 11.7. The van der Waals surface area contributed by atoms with E-state index in [9.17, 15) is 4.79 Å². The number of carbonyl (C=O) groups excluding carboxylic acids is 1. The number of anilines is 1. The standard InChI is InChI=1S/C24H34N4O2/c1-6-17-8-9-19(16-18(17)7-2)22-25-13-10-21(27-22)28-14-11-20(12-15-28)26-23(29)30-24(3,4)5/h8-10,13,16,20H,6-7,11-12,14-15H2,1-5H3,(H,26,29). The van der Waals surface area contributed by atoms with Gasteiger partial charge in [0, 0.05) is 30.9 Å². The van der Waals surface area contributed by atoms with Gasteiger partial charge in [0.1, 0.15) is 11.4 Å². The average molecular weight is 411 g/mol. The number of nitrogens with one attached hydrogen (secondary N) is 1. The fourth-order valence-corrected chi connectivity index (χ4v) is 3.83. The lowest BCUT2D eigenvalue weighted by atomic mass is 10.00. The molecular formula is C24H34N4O2. The third-order valence-corrected chi connectivity index (χ3v) is 5.41. The summed E-state index contributed by atoms with van der Waals surface area (Å²) in [5.41, 5.74) is 3.33. The van der Waals surface area contributed by atoms with Gasteiger partial charge in [-0.3, -0.25) is 0 Å². The molecule has 1 saturated heterocycles. The van der Waals surface area contributed by atoms with E-state index in [-0.39, 0.29) is 12.1 Å². The van der Waals surface area contributed by atoms with Gasteiger partial charge in [0.25, 0.3) is 0 Å². The molecule has 1 N–H and O–H groups in total. The molecule has 0 bridgehead atoms. The zero-order chi connectivity index (χ0) is 21.7. The van der Waals surface area contributed by atoms with Gasteiger partial charge in [0.05, 0.1) is 0 Å². The Morgan fingerprint density at radius 2 is 1.83 bits per heavy atom. The Morgan fingerprint density at radius 1 is 1.13 bits per heavy atom. The van der Waals surface area contributed by atoms with Gasteiger partial charge in [-0.1, -0.05) is 26.0 Å². The van der Waals surface area contributed by atoms with Crippen molar-refractivity contribution in [2.75, 3.05) is 18.0 Å². The largest absolute Gasteiger partial charge is 0.444 e. The number of aromatic nitrogens is 2. The molecule has 0 aliphatic carbocycles. The molecular weight excluding hydrogens is 376 g/mol. The molecule has 162 valence electrons. The minimum absolute atomic E-state index is 0.131. The number of hydrogen-bond acceptors (Lipinski definition) is 5. The number of amides is 1. The predicted octanol–water partition coefficient (Wildman–Crippen LogP) is 4.76. The van der Waals surface area contributed by atoms with Crippen LogP contribution < -0.4 is 10.2 Å². The molecule has 1 aliphatic heterocycles. The maximum atomic E-state index is 12.0. The smallest absolute Gasteiger partial charge is 0.407 e. The van der Waals surface area contributed by atoms with Gasteiger partial charge in [-0.25, -0.2) is 14.8 Å². The van der Waals surface area contributed by atoms with Crippen molar-refractivity contribution in [2.24, 2.45) is 0 Å². The third-order valence-electron chi connectivity index (χ3n) is 5.41. The second kappa shape index (κ2) is 9.45. The zero-order valence-corrected chi connectivity index (χ0v) is 18.9. The van der Waals surface area contributed by atoms with Gasteiger partial charge in [-0.2, -0.15) is 0 Å². The van der Waals surface area contributed by atoms with Gasteiger partial charge in [0.2, 0.25) is 0 Å². The quantitative estimate of drug-likeness (QED) is 0.770. The van der Waals surface area contributed by atoms with Crippen LogP contribution in [0.2, 0.25) is 0 Å². The highest BCUT2D eigenvalue weighted by atomic mass is 16.6. The SMILES string of the molecule is CCc1ccc(-c2nccc(N3CCC(NC(=O)OC(C)(C)C)CC3)n2)cc1CC. The molecule has 0 saturated carbocycles. The molecule has 1 fully saturated rings. The molecule has 1 aliphatic rings. The molecule has 1 aromatic carbocycles. The number of rotatable bonds is 5. The molecule has 1 aromatic heterocycles. The molecule has 0 radical (unpaired) electrons. The second-order valence-corrected chi connectivity index (χ2v) is 8.84. The summed E-state index contributed by atoms with van der Waals surface area (Å²) in [5.74, 6) is 1.70. The van der Waals surface area contributed by atoms with Crippen molar-refractivity contribution < 1.29 is 9.53 Å². The first-order chi connectivity index (χ1) is 14.3. The molecule has 0 spiro atoms. The number of carbonyl (C=O) groups is 1. The minimum atomic E-state index is -0.477. The van der Waals surface area contributed by atoms with E-state index in [2.05, 4.69) is 47.2 Å². The number of benzene rings is 1. The van der Waals surface area contributed by atoms with E-state index >= 15 is 0 Å². The lowest BCUT2D eigenvalue weighted by Crippen LogP contribution is -2.46. The van der Waals surface area contributed by atoms with E-state index < -0.39 is 5.60 Å². The van der Waals surface area contributed by atoms with Gasteiger partial charge in [-0.15, -0.1) is 0 Å². The van der Waals surface area contributed by atoms with Crippen LogP contribution in [0, 0.1) is 0 Å². The van der Waals surface area contributed by atoms with Crippen LogP contribution >= 0.6 is 0 Å². The summed E-state index contributed by atoms with van der Waals surface area (Å²) < 4.78 is 5.37. The van der Waals surface area contributed by atoms with E-state index in [0.29, 0.717) is 0 Å². The highest BCUT2D eigenvalue weighted by Gasteiger charge is 2.24. The number of nitrogens with zero attached hydrogens (tertiary/aromatic N) is 3. The Labute approximate surface area is 180 Å². The lowest BCUT2D eigenvalue weighted by molar-refractivity contribution is 0.0497.